The normalized spacial score (nSPS) is 16.4. The second-order valence-electron chi connectivity index (χ2n) is 6.48. The number of nitrogens with zero attached hydrogens (tertiary/aromatic N) is 3. The van der Waals surface area contributed by atoms with Gasteiger partial charge in [-0.05, 0) is 39.0 Å². The zero-order valence-electron chi connectivity index (χ0n) is 13.5. The Labute approximate surface area is 131 Å². The molecule has 1 aromatic rings. The molecule has 0 amide bonds. The molecule has 118 valence electrons. The summed E-state index contributed by atoms with van der Waals surface area (Å²) in [6, 6.07) is 7.43. The lowest BCUT2D eigenvalue weighted by Crippen LogP contribution is -2.50. The van der Waals surface area contributed by atoms with Gasteiger partial charge in [-0.15, -0.1) is 0 Å². The Kier molecular flexibility index (Phi) is 4.84. The molecule has 0 bridgehead atoms. The number of benzene rings is 1. The van der Waals surface area contributed by atoms with Gasteiger partial charge < -0.3 is 10.0 Å². The van der Waals surface area contributed by atoms with Crippen LogP contribution in [0.5, 0.6) is 0 Å². The van der Waals surface area contributed by atoms with E-state index in [1.807, 2.05) is 19.9 Å². The van der Waals surface area contributed by atoms with Crippen LogP contribution in [0.4, 0.5) is 5.69 Å². The number of carbonyl (C=O) groups is 1. The molecule has 0 unspecified atom stereocenters. The smallest absolute Gasteiger partial charge is 0.159 e. The molecule has 5 heteroatoms. The number of β-amino-alcohol motifs (C(OH)–C–C–N with tert-alkyl or cyclic N) is 1. The van der Waals surface area contributed by atoms with Crippen LogP contribution in [-0.4, -0.2) is 54.1 Å². The Morgan fingerprint density at radius 1 is 1.32 bits per heavy atom. The number of ketones is 1. The fraction of sp³-hybridized carbons (Fsp3) is 0.529. The highest BCUT2D eigenvalue weighted by Gasteiger charge is 2.24. The summed E-state index contributed by atoms with van der Waals surface area (Å²) in [4.78, 5) is 15.9. The molecule has 1 fully saturated rings. The first-order valence-electron chi connectivity index (χ1n) is 7.55. The van der Waals surface area contributed by atoms with Crippen molar-refractivity contribution < 1.29 is 9.90 Å². The molecule has 1 aromatic carbocycles. The third-order valence-corrected chi connectivity index (χ3v) is 3.85. The molecule has 2 rings (SSSR count). The summed E-state index contributed by atoms with van der Waals surface area (Å²) < 4.78 is 0. The molecule has 0 radical (unpaired) electrons. The van der Waals surface area contributed by atoms with Gasteiger partial charge in [-0.3, -0.25) is 9.69 Å². The maximum atomic E-state index is 11.6. The quantitative estimate of drug-likeness (QED) is 0.857. The van der Waals surface area contributed by atoms with Gasteiger partial charge in [-0.2, -0.15) is 5.26 Å². The number of hydrogen-bond donors (Lipinski definition) is 1. The maximum absolute atomic E-state index is 11.6. The largest absolute Gasteiger partial charge is 0.389 e. The van der Waals surface area contributed by atoms with Gasteiger partial charge >= 0.3 is 0 Å². The zero-order chi connectivity index (χ0) is 16.3. The van der Waals surface area contributed by atoms with Crippen molar-refractivity contribution in [2.24, 2.45) is 0 Å². The van der Waals surface area contributed by atoms with E-state index in [0.717, 1.165) is 31.9 Å². The van der Waals surface area contributed by atoms with Gasteiger partial charge in [0.05, 0.1) is 16.9 Å². The minimum absolute atomic E-state index is 0.00593. The van der Waals surface area contributed by atoms with E-state index in [0.29, 0.717) is 17.7 Å². The highest BCUT2D eigenvalue weighted by atomic mass is 16.3. The van der Waals surface area contributed by atoms with Crippen LogP contribution in [0.2, 0.25) is 0 Å². The van der Waals surface area contributed by atoms with Crippen molar-refractivity contribution in [3.63, 3.8) is 0 Å². The van der Waals surface area contributed by atoms with Gasteiger partial charge in [0.1, 0.15) is 6.07 Å². The number of carbonyl (C=O) groups excluding carboxylic acids is 1. The first kappa shape index (κ1) is 16.5. The van der Waals surface area contributed by atoms with Crippen molar-refractivity contribution in [1.82, 2.24) is 4.90 Å². The molecule has 5 nitrogen and oxygen atoms in total. The van der Waals surface area contributed by atoms with E-state index in [-0.39, 0.29) is 5.78 Å². The fourth-order valence-corrected chi connectivity index (χ4v) is 2.80. The molecule has 0 spiro atoms. The summed E-state index contributed by atoms with van der Waals surface area (Å²) in [5.41, 5.74) is 1.36. The Morgan fingerprint density at radius 2 is 1.95 bits per heavy atom. The molecule has 1 aliphatic heterocycles. The zero-order valence-corrected chi connectivity index (χ0v) is 13.5. The minimum atomic E-state index is -0.700. The van der Waals surface area contributed by atoms with Crippen molar-refractivity contribution >= 4 is 11.5 Å². The van der Waals surface area contributed by atoms with Gasteiger partial charge in [0.25, 0.3) is 0 Å². The average Bonchev–Trinajstić information content (AvgIpc) is 2.45. The first-order chi connectivity index (χ1) is 10.3. The van der Waals surface area contributed by atoms with E-state index in [2.05, 4.69) is 15.9 Å². The number of aliphatic hydroxyl groups is 1. The van der Waals surface area contributed by atoms with Crippen LogP contribution in [0, 0.1) is 11.3 Å². The minimum Gasteiger partial charge on any atom is -0.389 e. The topological polar surface area (TPSA) is 67.6 Å². The van der Waals surface area contributed by atoms with E-state index in [1.54, 1.807) is 12.1 Å². The average molecular weight is 301 g/mol. The molecule has 1 saturated heterocycles. The van der Waals surface area contributed by atoms with Gasteiger partial charge in [-0.1, -0.05) is 0 Å². The van der Waals surface area contributed by atoms with Gasteiger partial charge in [0.2, 0.25) is 0 Å². The predicted molar refractivity (Wildman–Crippen MR) is 86.1 cm³/mol. The van der Waals surface area contributed by atoms with Gasteiger partial charge in [0, 0.05) is 38.3 Å². The summed E-state index contributed by atoms with van der Waals surface area (Å²) in [6.45, 7) is 9.02. The highest BCUT2D eigenvalue weighted by Crippen LogP contribution is 2.24. The van der Waals surface area contributed by atoms with E-state index in [9.17, 15) is 15.2 Å². The predicted octanol–water partition coefficient (Wildman–Crippen LogP) is 1.65. The Hall–Kier alpha value is -1.90. The van der Waals surface area contributed by atoms with Crippen LogP contribution in [0.1, 0.15) is 36.7 Å². The second-order valence-corrected chi connectivity index (χ2v) is 6.48. The van der Waals surface area contributed by atoms with Crippen LogP contribution in [0.3, 0.4) is 0 Å². The summed E-state index contributed by atoms with van der Waals surface area (Å²) in [7, 11) is 0. The Bertz CT molecular complexity index is 591. The molecule has 0 saturated carbocycles. The SMILES string of the molecule is CC(=O)c1ccc(C#N)c(N2CCN(CC(C)(C)O)CC2)c1. The Morgan fingerprint density at radius 3 is 2.45 bits per heavy atom. The number of anilines is 1. The van der Waals surface area contributed by atoms with Crippen LogP contribution in [-0.2, 0) is 0 Å². The van der Waals surface area contributed by atoms with Gasteiger partial charge in [-0.25, -0.2) is 0 Å². The van der Waals surface area contributed by atoms with E-state index in [1.165, 1.54) is 6.92 Å². The molecule has 0 aliphatic carbocycles. The van der Waals surface area contributed by atoms with Crippen molar-refractivity contribution in [2.45, 2.75) is 26.4 Å². The standard InChI is InChI=1S/C17H23N3O2/c1-13(21)14-4-5-15(11-18)16(10-14)20-8-6-19(7-9-20)12-17(2,3)22/h4-5,10,22H,6-9,12H2,1-3H3. The van der Waals surface area contributed by atoms with Crippen molar-refractivity contribution in [3.05, 3.63) is 29.3 Å². The molecule has 1 N–H and O–H groups in total. The van der Waals surface area contributed by atoms with Crippen molar-refractivity contribution in [2.75, 3.05) is 37.6 Å². The molecular weight excluding hydrogens is 278 g/mol. The van der Waals surface area contributed by atoms with Crippen LogP contribution in [0.15, 0.2) is 18.2 Å². The summed E-state index contributed by atoms with van der Waals surface area (Å²) in [5.74, 6) is 0.00593. The highest BCUT2D eigenvalue weighted by molar-refractivity contribution is 5.95. The third-order valence-electron chi connectivity index (χ3n) is 3.85. The van der Waals surface area contributed by atoms with Crippen LogP contribution in [0.25, 0.3) is 0 Å². The molecule has 0 aromatic heterocycles. The van der Waals surface area contributed by atoms with Crippen LogP contribution >= 0.6 is 0 Å². The fourth-order valence-electron chi connectivity index (χ4n) is 2.80. The number of Topliss-reactive ketones (excluding diaryl/α,β-unsaturated/α-hetero) is 1. The molecule has 1 heterocycles. The number of rotatable bonds is 4. The van der Waals surface area contributed by atoms with Crippen molar-refractivity contribution in [3.8, 4) is 6.07 Å². The summed E-state index contributed by atoms with van der Waals surface area (Å²) in [6.07, 6.45) is 0. The molecule has 22 heavy (non-hydrogen) atoms. The number of piperazine rings is 1. The lowest BCUT2D eigenvalue weighted by Gasteiger charge is -2.38. The lowest BCUT2D eigenvalue weighted by atomic mass is 10.0. The Balaban J connectivity index is 2.12. The van der Waals surface area contributed by atoms with Gasteiger partial charge in [0.15, 0.2) is 5.78 Å². The van der Waals surface area contributed by atoms with E-state index < -0.39 is 5.60 Å². The van der Waals surface area contributed by atoms with E-state index >= 15 is 0 Å². The maximum Gasteiger partial charge on any atom is 0.159 e. The molecule has 1 aliphatic rings. The summed E-state index contributed by atoms with van der Waals surface area (Å²) >= 11 is 0. The lowest BCUT2D eigenvalue weighted by molar-refractivity contribution is 0.0345. The van der Waals surface area contributed by atoms with Crippen molar-refractivity contribution in [1.29, 1.82) is 5.26 Å². The van der Waals surface area contributed by atoms with Crippen LogP contribution < -0.4 is 4.90 Å². The summed E-state index contributed by atoms with van der Waals surface area (Å²) in [5, 5.41) is 19.2. The molecular formula is C17H23N3O2. The number of hydrogen-bond acceptors (Lipinski definition) is 5. The second kappa shape index (κ2) is 6.47. The first-order valence-corrected chi connectivity index (χ1v) is 7.55. The number of nitriles is 1. The third kappa shape index (κ3) is 4.06. The van der Waals surface area contributed by atoms with E-state index in [4.69, 9.17) is 0 Å². The molecule has 0 atom stereocenters. The monoisotopic (exact) mass is 301 g/mol.